The molecule has 0 amide bonds. The summed E-state index contributed by atoms with van der Waals surface area (Å²) in [4.78, 5) is 0. The van der Waals surface area contributed by atoms with Crippen LogP contribution in [0.15, 0.2) is 18.2 Å². The van der Waals surface area contributed by atoms with Gasteiger partial charge < -0.3 is 14.9 Å². The van der Waals surface area contributed by atoms with Crippen molar-refractivity contribution in [2.45, 2.75) is 63.6 Å². The first kappa shape index (κ1) is 15.5. The Balaban J connectivity index is 1.70. The lowest BCUT2D eigenvalue weighted by molar-refractivity contribution is -0.0903. The van der Waals surface area contributed by atoms with E-state index in [0.29, 0.717) is 17.8 Å². The number of benzene rings is 1. The van der Waals surface area contributed by atoms with Gasteiger partial charge in [-0.15, -0.1) is 0 Å². The van der Waals surface area contributed by atoms with E-state index in [1.165, 1.54) is 11.1 Å². The summed E-state index contributed by atoms with van der Waals surface area (Å²) in [5.74, 6) is 2.52. The predicted molar refractivity (Wildman–Crippen MR) is 89.6 cm³/mol. The third-order valence-electron chi connectivity index (χ3n) is 7.22. The molecule has 126 valence electrons. The van der Waals surface area contributed by atoms with Gasteiger partial charge in [0.15, 0.2) is 0 Å². The lowest BCUT2D eigenvalue weighted by Crippen LogP contribution is -2.46. The standard InChI is InChI=1S/C20H28O3/c1-19-9-8-15-14-7-5-13(23-3)10-12(14)4-6-16(15)17(19)11-20(2,22)18(19)21/h5,7,10,15-18,21-22H,4,6,8-9,11H2,1-3H3. The molecule has 23 heavy (non-hydrogen) atoms. The highest BCUT2D eigenvalue weighted by molar-refractivity contribution is 5.40. The normalized spacial score (nSPS) is 45.1. The molecule has 0 spiro atoms. The molecule has 6 unspecified atom stereocenters. The van der Waals surface area contributed by atoms with E-state index in [-0.39, 0.29) is 5.41 Å². The molecule has 0 heterocycles. The quantitative estimate of drug-likeness (QED) is 0.836. The fourth-order valence-corrected chi connectivity index (χ4v) is 6.02. The maximum atomic E-state index is 10.7. The van der Waals surface area contributed by atoms with E-state index in [1.807, 2.05) is 6.92 Å². The lowest BCUT2D eigenvalue weighted by atomic mass is 9.55. The topological polar surface area (TPSA) is 49.7 Å². The molecule has 2 saturated carbocycles. The number of hydrogen-bond acceptors (Lipinski definition) is 3. The van der Waals surface area contributed by atoms with E-state index >= 15 is 0 Å². The number of aryl methyl sites for hydroxylation is 1. The molecule has 0 aliphatic heterocycles. The van der Waals surface area contributed by atoms with Crippen LogP contribution in [0, 0.1) is 17.3 Å². The van der Waals surface area contributed by atoms with Gasteiger partial charge in [-0.25, -0.2) is 0 Å². The molecule has 3 heteroatoms. The van der Waals surface area contributed by atoms with Crippen molar-refractivity contribution in [3.8, 4) is 5.75 Å². The Morgan fingerprint density at radius 2 is 2.00 bits per heavy atom. The zero-order valence-electron chi connectivity index (χ0n) is 14.4. The van der Waals surface area contributed by atoms with Gasteiger partial charge in [0.05, 0.1) is 18.8 Å². The highest BCUT2D eigenvalue weighted by Gasteiger charge is 2.61. The second kappa shape index (κ2) is 4.97. The average molecular weight is 316 g/mol. The van der Waals surface area contributed by atoms with Crippen LogP contribution in [0.2, 0.25) is 0 Å². The van der Waals surface area contributed by atoms with Crippen LogP contribution < -0.4 is 4.74 Å². The molecule has 0 bridgehead atoms. The number of rotatable bonds is 1. The fourth-order valence-electron chi connectivity index (χ4n) is 6.02. The molecule has 0 radical (unpaired) electrons. The first-order valence-corrected chi connectivity index (χ1v) is 8.94. The number of hydrogen-bond donors (Lipinski definition) is 2. The predicted octanol–water partition coefficient (Wildman–Crippen LogP) is 3.27. The summed E-state index contributed by atoms with van der Waals surface area (Å²) in [5.41, 5.74) is 1.84. The minimum atomic E-state index is -0.936. The van der Waals surface area contributed by atoms with Crippen LogP contribution in [-0.2, 0) is 6.42 Å². The van der Waals surface area contributed by atoms with Crippen LogP contribution in [0.4, 0.5) is 0 Å². The summed E-state index contributed by atoms with van der Waals surface area (Å²) in [6, 6.07) is 6.52. The smallest absolute Gasteiger partial charge is 0.119 e. The molecule has 0 saturated heterocycles. The summed E-state index contributed by atoms with van der Waals surface area (Å²) in [6.45, 7) is 4.02. The van der Waals surface area contributed by atoms with Crippen LogP contribution in [0.3, 0.4) is 0 Å². The molecule has 1 aromatic rings. The SMILES string of the molecule is COc1ccc2c(c1)CCC1C2CCC2(C)C1CC(C)(O)C2O. The molecule has 2 N–H and O–H groups in total. The molecule has 6 atom stereocenters. The maximum absolute atomic E-state index is 10.7. The van der Waals surface area contributed by atoms with E-state index in [0.717, 1.165) is 37.9 Å². The molecule has 3 aliphatic rings. The van der Waals surface area contributed by atoms with Gasteiger partial charge in [-0.1, -0.05) is 13.0 Å². The average Bonchev–Trinajstić information content (AvgIpc) is 2.73. The van der Waals surface area contributed by atoms with Gasteiger partial charge in [-0.3, -0.25) is 0 Å². The van der Waals surface area contributed by atoms with Crippen molar-refractivity contribution in [1.29, 1.82) is 0 Å². The molecular formula is C20H28O3. The molecule has 4 rings (SSSR count). The van der Waals surface area contributed by atoms with Crippen LogP contribution in [0.5, 0.6) is 5.75 Å². The van der Waals surface area contributed by atoms with Crippen molar-refractivity contribution in [2.75, 3.05) is 7.11 Å². The number of ether oxygens (including phenoxy) is 1. The Hall–Kier alpha value is -1.06. The van der Waals surface area contributed by atoms with Gasteiger partial charge in [-0.2, -0.15) is 0 Å². The van der Waals surface area contributed by atoms with Crippen LogP contribution >= 0.6 is 0 Å². The summed E-state index contributed by atoms with van der Waals surface area (Å²) in [6.07, 6.45) is 4.49. The van der Waals surface area contributed by atoms with E-state index in [2.05, 4.69) is 25.1 Å². The van der Waals surface area contributed by atoms with Crippen molar-refractivity contribution < 1.29 is 14.9 Å². The van der Waals surface area contributed by atoms with Crippen molar-refractivity contribution >= 4 is 0 Å². The molecule has 3 aliphatic carbocycles. The Morgan fingerprint density at radius 1 is 1.22 bits per heavy atom. The Kier molecular flexibility index (Phi) is 3.34. The van der Waals surface area contributed by atoms with Gasteiger partial charge in [-0.05, 0) is 85.5 Å². The van der Waals surface area contributed by atoms with Gasteiger partial charge in [0.1, 0.15) is 5.75 Å². The van der Waals surface area contributed by atoms with Crippen molar-refractivity contribution in [1.82, 2.24) is 0 Å². The third-order valence-corrected chi connectivity index (χ3v) is 7.22. The Bertz CT molecular complexity index is 623. The Labute approximate surface area is 138 Å². The third kappa shape index (κ3) is 2.09. The summed E-state index contributed by atoms with van der Waals surface area (Å²) in [5, 5.41) is 21.3. The lowest BCUT2D eigenvalue weighted by Gasteiger charge is -2.50. The first-order valence-electron chi connectivity index (χ1n) is 8.94. The fraction of sp³-hybridized carbons (Fsp3) is 0.700. The van der Waals surface area contributed by atoms with E-state index < -0.39 is 11.7 Å². The van der Waals surface area contributed by atoms with E-state index in [4.69, 9.17) is 4.74 Å². The number of fused-ring (bicyclic) bond motifs is 5. The minimum absolute atomic E-state index is 0.130. The van der Waals surface area contributed by atoms with Crippen LogP contribution in [0.25, 0.3) is 0 Å². The second-order valence-electron chi connectivity index (χ2n) is 8.49. The number of methoxy groups -OCH3 is 1. The first-order chi connectivity index (χ1) is 10.9. The van der Waals surface area contributed by atoms with Crippen LogP contribution in [-0.4, -0.2) is 29.0 Å². The monoisotopic (exact) mass is 316 g/mol. The van der Waals surface area contributed by atoms with Crippen molar-refractivity contribution in [2.24, 2.45) is 17.3 Å². The molecule has 0 aromatic heterocycles. The van der Waals surface area contributed by atoms with Gasteiger partial charge in [0.2, 0.25) is 0 Å². The largest absolute Gasteiger partial charge is 0.497 e. The highest BCUT2D eigenvalue weighted by atomic mass is 16.5. The maximum Gasteiger partial charge on any atom is 0.119 e. The molecule has 1 aromatic carbocycles. The van der Waals surface area contributed by atoms with Crippen molar-refractivity contribution in [3.05, 3.63) is 29.3 Å². The van der Waals surface area contributed by atoms with Gasteiger partial charge in [0.25, 0.3) is 0 Å². The minimum Gasteiger partial charge on any atom is -0.497 e. The summed E-state index contributed by atoms with van der Waals surface area (Å²) < 4.78 is 5.38. The van der Waals surface area contributed by atoms with Gasteiger partial charge >= 0.3 is 0 Å². The molecule has 2 fully saturated rings. The molecule has 3 nitrogen and oxygen atoms in total. The summed E-state index contributed by atoms with van der Waals surface area (Å²) in [7, 11) is 1.72. The van der Waals surface area contributed by atoms with E-state index in [1.54, 1.807) is 7.11 Å². The highest BCUT2D eigenvalue weighted by Crippen LogP contribution is 2.63. The van der Waals surface area contributed by atoms with Gasteiger partial charge in [0, 0.05) is 0 Å². The second-order valence-corrected chi connectivity index (χ2v) is 8.49. The number of aliphatic hydroxyl groups is 2. The van der Waals surface area contributed by atoms with E-state index in [9.17, 15) is 10.2 Å². The number of aliphatic hydroxyl groups excluding tert-OH is 1. The van der Waals surface area contributed by atoms with Crippen LogP contribution in [0.1, 0.15) is 56.6 Å². The van der Waals surface area contributed by atoms with Crippen molar-refractivity contribution in [3.63, 3.8) is 0 Å². The molecular weight excluding hydrogens is 288 g/mol. The Morgan fingerprint density at radius 3 is 2.74 bits per heavy atom. The summed E-state index contributed by atoms with van der Waals surface area (Å²) >= 11 is 0. The zero-order valence-corrected chi connectivity index (χ0v) is 14.4. The zero-order chi connectivity index (χ0) is 16.4.